The number of rotatable bonds is 4. The first kappa shape index (κ1) is 17.1. The second kappa shape index (κ2) is 6.76. The number of primary amides is 1. The monoisotopic (exact) mass is 454 g/mol. The second-order valence-electron chi connectivity index (χ2n) is 6.49. The Balaban J connectivity index is 2.05. The molecule has 0 saturated carbocycles. The van der Waals surface area contributed by atoms with Gasteiger partial charge in [0.05, 0.1) is 5.52 Å². The Morgan fingerprint density at radius 1 is 1.00 bits per heavy atom. The summed E-state index contributed by atoms with van der Waals surface area (Å²) in [6, 6.07) is 20.8. The fourth-order valence-electron chi connectivity index (χ4n) is 3.60. The van der Waals surface area contributed by atoms with Crippen molar-refractivity contribution >= 4 is 50.3 Å². The van der Waals surface area contributed by atoms with Crippen LogP contribution in [-0.2, 0) is 13.0 Å². The zero-order chi connectivity index (χ0) is 18.3. The van der Waals surface area contributed by atoms with Crippen molar-refractivity contribution in [1.82, 2.24) is 4.57 Å². The van der Waals surface area contributed by atoms with Gasteiger partial charge in [-0.15, -0.1) is 0 Å². The summed E-state index contributed by atoms with van der Waals surface area (Å²) in [5.41, 5.74) is 11.0. The molecule has 26 heavy (non-hydrogen) atoms. The molecule has 4 rings (SSSR count). The molecule has 0 atom stereocenters. The van der Waals surface area contributed by atoms with Crippen molar-refractivity contribution in [2.24, 2.45) is 5.73 Å². The molecular weight excluding hydrogens is 435 g/mol. The Hall–Kier alpha value is -2.34. The van der Waals surface area contributed by atoms with Crippen molar-refractivity contribution in [2.45, 2.75) is 19.9 Å². The van der Waals surface area contributed by atoms with Crippen molar-refractivity contribution < 1.29 is 4.79 Å². The highest BCUT2D eigenvalue weighted by Crippen LogP contribution is 2.33. The average Bonchev–Trinajstić information content (AvgIpc) is 2.95. The molecule has 0 bridgehead atoms. The Labute approximate surface area is 165 Å². The highest BCUT2D eigenvalue weighted by atomic mass is 127. The van der Waals surface area contributed by atoms with Crippen LogP contribution in [0.2, 0.25) is 0 Å². The summed E-state index contributed by atoms with van der Waals surface area (Å²) in [5.74, 6) is -0.386. The molecule has 4 heteroatoms. The molecule has 0 radical (unpaired) electrons. The van der Waals surface area contributed by atoms with Gasteiger partial charge in [0.2, 0.25) is 5.91 Å². The van der Waals surface area contributed by atoms with E-state index in [1.165, 1.54) is 14.7 Å². The second-order valence-corrected chi connectivity index (χ2v) is 7.73. The van der Waals surface area contributed by atoms with Crippen LogP contribution >= 0.6 is 22.6 Å². The molecule has 0 aliphatic carbocycles. The lowest BCUT2D eigenvalue weighted by Crippen LogP contribution is -2.11. The summed E-state index contributed by atoms with van der Waals surface area (Å²) < 4.78 is 3.51. The van der Waals surface area contributed by atoms with Crippen LogP contribution in [0.4, 0.5) is 0 Å². The van der Waals surface area contributed by atoms with Crippen LogP contribution in [0.25, 0.3) is 21.8 Å². The van der Waals surface area contributed by atoms with Crippen molar-refractivity contribution in [3.8, 4) is 0 Å². The minimum atomic E-state index is -0.386. The predicted octanol–water partition coefficient (Wildman–Crippen LogP) is 5.11. The van der Waals surface area contributed by atoms with Gasteiger partial charge in [0, 0.05) is 32.0 Å². The van der Waals surface area contributed by atoms with Crippen LogP contribution < -0.4 is 5.73 Å². The largest absolute Gasteiger partial charge is 0.366 e. The summed E-state index contributed by atoms with van der Waals surface area (Å²) in [5, 5.41) is 2.03. The first-order valence-electron chi connectivity index (χ1n) is 8.66. The zero-order valence-corrected chi connectivity index (χ0v) is 16.7. The minimum absolute atomic E-state index is 0.386. The van der Waals surface area contributed by atoms with Gasteiger partial charge in [-0.1, -0.05) is 37.3 Å². The van der Waals surface area contributed by atoms with Crippen molar-refractivity contribution in [2.75, 3.05) is 0 Å². The van der Waals surface area contributed by atoms with Gasteiger partial charge in [-0.3, -0.25) is 4.79 Å². The van der Waals surface area contributed by atoms with Gasteiger partial charge in [-0.2, -0.15) is 0 Å². The summed E-state index contributed by atoms with van der Waals surface area (Å²) in [6.07, 6.45) is 0.976. The lowest BCUT2D eigenvalue weighted by atomic mass is 10.0. The molecule has 1 heterocycles. The molecular formula is C22H19IN2O. The van der Waals surface area contributed by atoms with Crippen molar-refractivity contribution in [1.29, 1.82) is 0 Å². The quantitative estimate of drug-likeness (QED) is 0.428. The van der Waals surface area contributed by atoms with E-state index in [-0.39, 0.29) is 5.91 Å². The van der Waals surface area contributed by atoms with Crippen molar-refractivity contribution in [3.63, 3.8) is 0 Å². The molecule has 0 fully saturated rings. The van der Waals surface area contributed by atoms with Gasteiger partial charge >= 0.3 is 0 Å². The Morgan fingerprint density at radius 3 is 2.54 bits per heavy atom. The molecule has 4 aromatic rings. The van der Waals surface area contributed by atoms with E-state index in [0.29, 0.717) is 5.56 Å². The maximum atomic E-state index is 12.0. The van der Waals surface area contributed by atoms with Crippen LogP contribution in [0, 0.1) is 3.57 Å². The van der Waals surface area contributed by atoms with Crippen LogP contribution in [-0.4, -0.2) is 10.5 Å². The van der Waals surface area contributed by atoms with Crippen molar-refractivity contribution in [3.05, 3.63) is 80.9 Å². The van der Waals surface area contributed by atoms with Crippen LogP contribution in [0.3, 0.4) is 0 Å². The summed E-state index contributed by atoms with van der Waals surface area (Å²) >= 11 is 2.34. The normalized spacial score (nSPS) is 11.3. The predicted molar refractivity (Wildman–Crippen MR) is 116 cm³/mol. The molecule has 1 aromatic heterocycles. The third kappa shape index (κ3) is 2.88. The number of carbonyl (C=O) groups excluding carboxylic acids is 1. The molecule has 3 aromatic carbocycles. The van der Waals surface area contributed by atoms with E-state index in [1.807, 2.05) is 12.1 Å². The van der Waals surface area contributed by atoms with Crippen LogP contribution in [0.1, 0.15) is 28.4 Å². The lowest BCUT2D eigenvalue weighted by molar-refractivity contribution is 0.100. The Bertz CT molecular complexity index is 1140. The molecule has 0 spiro atoms. The number of hydrogen-bond donors (Lipinski definition) is 1. The van der Waals surface area contributed by atoms with E-state index in [4.69, 9.17) is 5.73 Å². The third-order valence-corrected chi connectivity index (χ3v) is 5.53. The number of halogens is 1. The number of nitrogens with zero attached hydrogens (tertiary/aromatic N) is 1. The Kier molecular flexibility index (Phi) is 4.44. The molecule has 0 saturated heterocycles. The fourth-order valence-corrected chi connectivity index (χ4v) is 4.21. The average molecular weight is 454 g/mol. The first-order chi connectivity index (χ1) is 12.6. The molecule has 130 valence electrons. The molecule has 2 N–H and O–H groups in total. The van der Waals surface area contributed by atoms with E-state index >= 15 is 0 Å². The first-order valence-corrected chi connectivity index (χ1v) is 9.74. The van der Waals surface area contributed by atoms with Gasteiger partial charge in [0.1, 0.15) is 0 Å². The van der Waals surface area contributed by atoms with Gasteiger partial charge in [-0.05, 0) is 70.5 Å². The maximum Gasteiger partial charge on any atom is 0.249 e. The minimum Gasteiger partial charge on any atom is -0.366 e. The van der Waals surface area contributed by atoms with E-state index in [0.717, 1.165) is 34.8 Å². The number of nitrogens with two attached hydrogens (primary N) is 1. The van der Waals surface area contributed by atoms with Gasteiger partial charge in [0.25, 0.3) is 0 Å². The molecule has 3 nitrogen and oxygen atoms in total. The number of benzene rings is 3. The van der Waals surface area contributed by atoms with Gasteiger partial charge < -0.3 is 10.3 Å². The fraction of sp³-hybridized carbons (Fsp3) is 0.136. The highest BCUT2D eigenvalue weighted by Gasteiger charge is 2.16. The van der Waals surface area contributed by atoms with E-state index in [9.17, 15) is 4.79 Å². The van der Waals surface area contributed by atoms with Gasteiger partial charge in [0.15, 0.2) is 0 Å². The van der Waals surface area contributed by atoms with Crippen LogP contribution in [0.5, 0.6) is 0 Å². The molecule has 1 amide bonds. The summed E-state index contributed by atoms with van der Waals surface area (Å²) in [7, 11) is 0. The third-order valence-electron chi connectivity index (χ3n) is 4.86. The molecule has 0 unspecified atom stereocenters. The number of fused-ring (bicyclic) bond motifs is 3. The van der Waals surface area contributed by atoms with Crippen LogP contribution in [0.15, 0.2) is 60.7 Å². The summed E-state index contributed by atoms with van der Waals surface area (Å²) in [6.45, 7) is 2.91. The lowest BCUT2D eigenvalue weighted by Gasteiger charge is -2.09. The smallest absolute Gasteiger partial charge is 0.249 e. The van der Waals surface area contributed by atoms with E-state index in [1.54, 1.807) is 0 Å². The number of carbonyl (C=O) groups is 1. The zero-order valence-electron chi connectivity index (χ0n) is 14.5. The molecule has 0 aliphatic heterocycles. The SMILES string of the molecule is CCc1ccc2c3c(C(N)=O)cccc3n(Cc3cccc(I)c3)c2c1. The molecule has 0 aliphatic rings. The Morgan fingerprint density at radius 2 is 1.81 bits per heavy atom. The van der Waals surface area contributed by atoms with Gasteiger partial charge in [-0.25, -0.2) is 0 Å². The number of hydrogen-bond acceptors (Lipinski definition) is 1. The number of aryl methyl sites for hydroxylation is 1. The van der Waals surface area contributed by atoms with E-state index < -0.39 is 0 Å². The standard InChI is InChI=1S/C22H19IN2O/c1-2-14-9-10-17-20(12-14)25(13-15-5-3-6-16(23)11-15)19-8-4-7-18(21(17)19)22(24)26/h3-12H,2,13H2,1H3,(H2,24,26). The topological polar surface area (TPSA) is 48.0 Å². The maximum absolute atomic E-state index is 12.0. The highest BCUT2D eigenvalue weighted by molar-refractivity contribution is 14.1. The number of amides is 1. The number of aromatic nitrogens is 1. The van der Waals surface area contributed by atoms with E-state index in [2.05, 4.69) is 82.6 Å². The summed E-state index contributed by atoms with van der Waals surface area (Å²) in [4.78, 5) is 12.0.